The van der Waals surface area contributed by atoms with Crippen LogP contribution in [0, 0.1) is 11.6 Å². The van der Waals surface area contributed by atoms with Crippen molar-refractivity contribution in [3.8, 4) is 0 Å². The number of carbonyl (C=O) groups is 1. The Morgan fingerprint density at radius 1 is 1.25 bits per heavy atom. The third-order valence-electron chi connectivity index (χ3n) is 3.85. The van der Waals surface area contributed by atoms with Gasteiger partial charge < -0.3 is 20.5 Å². The van der Waals surface area contributed by atoms with Gasteiger partial charge in [0, 0.05) is 13.2 Å². The van der Waals surface area contributed by atoms with Crippen molar-refractivity contribution >= 4 is 6.03 Å². The molecule has 24 heavy (non-hydrogen) atoms. The summed E-state index contributed by atoms with van der Waals surface area (Å²) in [6.45, 7) is 7.25. The Hall–Kier alpha value is -1.73. The summed E-state index contributed by atoms with van der Waals surface area (Å²) in [6.07, 6.45) is -0.548. The number of benzene rings is 1. The standard InChI is InChI=1S/C17H26F2N2O3/c1-10(9-17(3,4)24-5)20-16(23)21-11(2)15(22)12-6-7-13(18)14(19)8-12/h6-8,10-11,15,22H,9H2,1-5H3,(H2,20,21,23). The minimum absolute atomic E-state index is 0.146. The maximum absolute atomic E-state index is 13.2. The molecular weight excluding hydrogens is 318 g/mol. The second kappa shape index (κ2) is 8.39. The molecule has 3 N–H and O–H groups in total. The van der Waals surface area contributed by atoms with Crippen LogP contribution in [-0.4, -0.2) is 35.9 Å². The van der Waals surface area contributed by atoms with Gasteiger partial charge in [-0.1, -0.05) is 6.07 Å². The van der Waals surface area contributed by atoms with Crippen LogP contribution >= 0.6 is 0 Å². The molecule has 3 atom stereocenters. The minimum Gasteiger partial charge on any atom is -0.386 e. The summed E-state index contributed by atoms with van der Waals surface area (Å²) in [5.74, 6) is -2.03. The van der Waals surface area contributed by atoms with Crippen molar-refractivity contribution in [3.63, 3.8) is 0 Å². The van der Waals surface area contributed by atoms with E-state index in [0.717, 1.165) is 12.1 Å². The first kappa shape index (κ1) is 20.3. The van der Waals surface area contributed by atoms with Gasteiger partial charge in [0.2, 0.25) is 0 Å². The van der Waals surface area contributed by atoms with Gasteiger partial charge in [-0.15, -0.1) is 0 Å². The molecule has 5 nitrogen and oxygen atoms in total. The van der Waals surface area contributed by atoms with Crippen LogP contribution in [-0.2, 0) is 4.74 Å². The van der Waals surface area contributed by atoms with Crippen LogP contribution in [0.25, 0.3) is 0 Å². The van der Waals surface area contributed by atoms with Gasteiger partial charge in [-0.3, -0.25) is 0 Å². The third-order valence-corrected chi connectivity index (χ3v) is 3.85. The van der Waals surface area contributed by atoms with Crippen molar-refractivity contribution in [3.05, 3.63) is 35.4 Å². The summed E-state index contributed by atoms with van der Waals surface area (Å²) in [4.78, 5) is 12.0. The highest BCUT2D eigenvalue weighted by molar-refractivity contribution is 5.74. The van der Waals surface area contributed by atoms with Crippen molar-refractivity contribution in [2.75, 3.05) is 7.11 Å². The molecule has 0 bridgehead atoms. The molecule has 0 spiro atoms. The monoisotopic (exact) mass is 344 g/mol. The van der Waals surface area contributed by atoms with Crippen LogP contribution in [0.2, 0.25) is 0 Å². The molecule has 0 heterocycles. The molecule has 1 aromatic carbocycles. The average Bonchev–Trinajstić information content (AvgIpc) is 2.48. The summed E-state index contributed by atoms with van der Waals surface area (Å²) >= 11 is 0. The lowest BCUT2D eigenvalue weighted by atomic mass is 10.00. The number of urea groups is 1. The van der Waals surface area contributed by atoms with Crippen LogP contribution in [0.15, 0.2) is 18.2 Å². The normalized spacial score (nSPS) is 15.5. The van der Waals surface area contributed by atoms with Crippen molar-refractivity contribution in [1.29, 1.82) is 0 Å². The van der Waals surface area contributed by atoms with Gasteiger partial charge in [0.05, 0.1) is 17.7 Å². The Kier molecular flexibility index (Phi) is 7.10. The van der Waals surface area contributed by atoms with E-state index >= 15 is 0 Å². The molecule has 0 fully saturated rings. The molecule has 136 valence electrons. The topological polar surface area (TPSA) is 70.6 Å². The number of halogens is 2. The number of hydrogen-bond acceptors (Lipinski definition) is 3. The molecule has 0 saturated heterocycles. The molecule has 3 unspecified atom stereocenters. The number of hydrogen-bond donors (Lipinski definition) is 3. The van der Waals surface area contributed by atoms with Crippen LogP contribution in [0.5, 0.6) is 0 Å². The summed E-state index contributed by atoms with van der Waals surface area (Å²) in [7, 11) is 1.60. The lowest BCUT2D eigenvalue weighted by Crippen LogP contribution is -2.48. The zero-order valence-corrected chi connectivity index (χ0v) is 14.7. The molecule has 0 aliphatic heterocycles. The first-order valence-corrected chi connectivity index (χ1v) is 7.81. The zero-order valence-electron chi connectivity index (χ0n) is 14.7. The van der Waals surface area contributed by atoms with Gasteiger partial charge >= 0.3 is 6.03 Å². The van der Waals surface area contributed by atoms with E-state index in [4.69, 9.17) is 4.74 Å². The predicted molar refractivity (Wildman–Crippen MR) is 87.6 cm³/mol. The number of nitrogens with one attached hydrogen (secondary N) is 2. The van der Waals surface area contributed by atoms with Crippen LogP contribution in [0.1, 0.15) is 45.8 Å². The fraction of sp³-hybridized carbons (Fsp3) is 0.588. The predicted octanol–water partition coefficient (Wildman–Crippen LogP) is 2.89. The first-order chi connectivity index (χ1) is 11.1. The molecule has 0 radical (unpaired) electrons. The summed E-state index contributed by atoms with van der Waals surface area (Å²) in [5.41, 5.74) is -0.182. The Balaban J connectivity index is 2.58. The Morgan fingerprint density at radius 3 is 2.42 bits per heavy atom. The van der Waals surface area contributed by atoms with E-state index in [1.807, 2.05) is 20.8 Å². The van der Waals surface area contributed by atoms with Gasteiger partial charge in [-0.05, 0) is 51.8 Å². The average molecular weight is 344 g/mol. The largest absolute Gasteiger partial charge is 0.386 e. The van der Waals surface area contributed by atoms with E-state index in [2.05, 4.69) is 10.6 Å². The quantitative estimate of drug-likeness (QED) is 0.712. The number of carbonyl (C=O) groups excluding carboxylic acids is 1. The fourth-order valence-corrected chi connectivity index (χ4v) is 2.41. The number of rotatable bonds is 7. The highest BCUT2D eigenvalue weighted by Crippen LogP contribution is 2.19. The smallest absolute Gasteiger partial charge is 0.315 e. The zero-order chi connectivity index (χ0) is 18.5. The summed E-state index contributed by atoms with van der Waals surface area (Å²) < 4.78 is 31.5. The summed E-state index contributed by atoms with van der Waals surface area (Å²) in [6, 6.07) is 1.85. The Bertz CT molecular complexity index is 567. The molecule has 1 aromatic rings. The maximum atomic E-state index is 13.2. The number of aliphatic hydroxyl groups excluding tert-OH is 1. The van der Waals surface area contributed by atoms with E-state index in [0.29, 0.717) is 6.42 Å². The minimum atomic E-state index is -1.16. The molecule has 0 aromatic heterocycles. The number of methoxy groups -OCH3 is 1. The van der Waals surface area contributed by atoms with Crippen molar-refractivity contribution in [1.82, 2.24) is 10.6 Å². The van der Waals surface area contributed by atoms with Gasteiger partial charge in [-0.25, -0.2) is 13.6 Å². The lowest BCUT2D eigenvalue weighted by molar-refractivity contribution is 0.00942. The second-order valence-corrected chi connectivity index (χ2v) is 6.59. The van der Waals surface area contributed by atoms with Gasteiger partial charge in [0.1, 0.15) is 0 Å². The summed E-state index contributed by atoms with van der Waals surface area (Å²) in [5, 5.41) is 15.5. The Labute approximate surface area is 141 Å². The Morgan fingerprint density at radius 2 is 1.88 bits per heavy atom. The van der Waals surface area contributed by atoms with E-state index in [-0.39, 0.29) is 17.2 Å². The van der Waals surface area contributed by atoms with E-state index in [1.54, 1.807) is 14.0 Å². The van der Waals surface area contributed by atoms with Crippen LogP contribution < -0.4 is 10.6 Å². The van der Waals surface area contributed by atoms with E-state index in [1.165, 1.54) is 6.07 Å². The third kappa shape index (κ3) is 6.05. The van der Waals surface area contributed by atoms with Crippen LogP contribution in [0.3, 0.4) is 0 Å². The number of amides is 2. The molecule has 0 aliphatic rings. The van der Waals surface area contributed by atoms with E-state index < -0.39 is 29.8 Å². The second-order valence-electron chi connectivity index (χ2n) is 6.59. The fourth-order valence-electron chi connectivity index (χ4n) is 2.41. The van der Waals surface area contributed by atoms with Gasteiger partial charge in [0.25, 0.3) is 0 Å². The molecule has 7 heteroatoms. The van der Waals surface area contributed by atoms with Gasteiger partial charge in [0.15, 0.2) is 11.6 Å². The van der Waals surface area contributed by atoms with Gasteiger partial charge in [-0.2, -0.15) is 0 Å². The highest BCUT2D eigenvalue weighted by atomic mass is 19.2. The SMILES string of the molecule is COC(C)(C)CC(C)NC(=O)NC(C)C(O)c1ccc(F)c(F)c1. The van der Waals surface area contributed by atoms with E-state index in [9.17, 15) is 18.7 Å². The molecule has 1 rings (SSSR count). The van der Waals surface area contributed by atoms with Crippen molar-refractivity contribution in [2.45, 2.75) is 57.9 Å². The number of aliphatic hydroxyl groups is 1. The van der Waals surface area contributed by atoms with Crippen LogP contribution in [0.4, 0.5) is 13.6 Å². The first-order valence-electron chi connectivity index (χ1n) is 7.81. The maximum Gasteiger partial charge on any atom is 0.315 e. The lowest BCUT2D eigenvalue weighted by Gasteiger charge is -2.28. The molecule has 2 amide bonds. The highest BCUT2D eigenvalue weighted by Gasteiger charge is 2.23. The number of ether oxygens (including phenoxy) is 1. The molecule has 0 saturated carbocycles. The van der Waals surface area contributed by atoms with Crippen molar-refractivity contribution in [2.24, 2.45) is 0 Å². The molecule has 0 aliphatic carbocycles. The molecular formula is C17H26F2N2O3. The van der Waals surface area contributed by atoms with Crippen molar-refractivity contribution < 1.29 is 23.4 Å².